The molecule has 98 valence electrons. The van der Waals surface area contributed by atoms with Crippen molar-refractivity contribution in [2.45, 2.75) is 19.9 Å². The zero-order valence-corrected chi connectivity index (χ0v) is 13.3. The highest BCUT2D eigenvalue weighted by Gasteiger charge is 2.19. The predicted octanol–water partition coefficient (Wildman–Crippen LogP) is 3.24. The van der Waals surface area contributed by atoms with Crippen LogP contribution in [0.3, 0.4) is 0 Å². The van der Waals surface area contributed by atoms with Gasteiger partial charge in [0.25, 0.3) is 5.91 Å². The van der Waals surface area contributed by atoms with Gasteiger partial charge in [-0.05, 0) is 48.0 Å². The first-order chi connectivity index (χ1) is 8.32. The molecule has 1 rings (SSSR count). The maximum atomic E-state index is 12.3. The van der Waals surface area contributed by atoms with Gasteiger partial charge in [0, 0.05) is 16.1 Å². The van der Waals surface area contributed by atoms with Gasteiger partial charge < -0.3 is 10.6 Å². The van der Waals surface area contributed by atoms with Gasteiger partial charge in [0.15, 0.2) is 0 Å². The van der Waals surface area contributed by atoms with Crippen LogP contribution in [0.25, 0.3) is 0 Å². The lowest BCUT2D eigenvalue weighted by atomic mass is 10.1. The van der Waals surface area contributed by atoms with Gasteiger partial charge in [-0.15, -0.1) is 0 Å². The van der Waals surface area contributed by atoms with Crippen LogP contribution in [0.4, 0.5) is 0 Å². The van der Waals surface area contributed by atoms with Crippen molar-refractivity contribution in [3.8, 4) is 0 Å². The molecule has 1 amide bonds. The Balaban J connectivity index is 3.02. The highest BCUT2D eigenvalue weighted by Crippen LogP contribution is 2.24. The number of thiocarbonyl (C=S) groups is 1. The summed E-state index contributed by atoms with van der Waals surface area (Å²) in [7, 11) is 0. The third-order valence-electron chi connectivity index (χ3n) is 2.38. The van der Waals surface area contributed by atoms with Gasteiger partial charge in [0.1, 0.15) is 0 Å². The van der Waals surface area contributed by atoms with E-state index in [4.69, 9.17) is 29.6 Å². The van der Waals surface area contributed by atoms with Crippen LogP contribution in [0.1, 0.15) is 24.2 Å². The van der Waals surface area contributed by atoms with Gasteiger partial charge in [-0.25, -0.2) is 0 Å². The zero-order chi connectivity index (χ0) is 13.9. The SMILES string of the molecule is CC(C)N(CC(N)=S)C(=O)c1ccc(Br)c(Cl)c1. The molecule has 0 aromatic heterocycles. The van der Waals surface area contributed by atoms with E-state index in [-0.39, 0.29) is 18.5 Å². The molecule has 0 saturated carbocycles. The van der Waals surface area contributed by atoms with Crippen LogP contribution in [0.5, 0.6) is 0 Å². The zero-order valence-electron chi connectivity index (χ0n) is 10.1. The second kappa shape index (κ2) is 6.50. The van der Waals surface area contributed by atoms with Crippen LogP contribution in [-0.4, -0.2) is 28.4 Å². The number of rotatable bonds is 4. The summed E-state index contributed by atoms with van der Waals surface area (Å²) in [5.74, 6) is -0.132. The highest BCUT2D eigenvalue weighted by molar-refractivity contribution is 9.10. The van der Waals surface area contributed by atoms with E-state index in [1.807, 2.05) is 13.8 Å². The summed E-state index contributed by atoms with van der Waals surface area (Å²) in [4.78, 5) is 14.2. The Morgan fingerprint density at radius 3 is 2.61 bits per heavy atom. The Hall–Kier alpha value is -0.650. The molecule has 0 bridgehead atoms. The molecule has 3 nitrogen and oxygen atoms in total. The molecule has 1 aromatic rings. The van der Waals surface area contributed by atoms with Crippen LogP contribution in [-0.2, 0) is 0 Å². The molecular formula is C12H14BrClN2OS. The molecule has 0 aliphatic heterocycles. The van der Waals surface area contributed by atoms with Crippen LogP contribution < -0.4 is 5.73 Å². The Morgan fingerprint density at radius 2 is 2.17 bits per heavy atom. The maximum absolute atomic E-state index is 12.3. The molecule has 0 spiro atoms. The van der Waals surface area contributed by atoms with Crippen LogP contribution in [0.2, 0.25) is 5.02 Å². The summed E-state index contributed by atoms with van der Waals surface area (Å²) >= 11 is 14.1. The summed E-state index contributed by atoms with van der Waals surface area (Å²) in [6.45, 7) is 4.09. The lowest BCUT2D eigenvalue weighted by molar-refractivity contribution is 0.0736. The fraction of sp³-hybridized carbons (Fsp3) is 0.333. The van der Waals surface area contributed by atoms with E-state index in [0.717, 1.165) is 4.47 Å². The molecule has 0 atom stereocenters. The van der Waals surface area contributed by atoms with E-state index < -0.39 is 0 Å². The second-order valence-electron chi connectivity index (χ2n) is 4.12. The monoisotopic (exact) mass is 348 g/mol. The first-order valence-corrected chi connectivity index (χ1v) is 6.95. The van der Waals surface area contributed by atoms with Crippen molar-refractivity contribution in [1.82, 2.24) is 4.90 Å². The van der Waals surface area contributed by atoms with E-state index in [1.165, 1.54) is 0 Å². The number of carbonyl (C=O) groups excluding carboxylic acids is 1. The summed E-state index contributed by atoms with van der Waals surface area (Å²) in [5, 5.41) is 0.500. The Morgan fingerprint density at radius 1 is 1.56 bits per heavy atom. The van der Waals surface area contributed by atoms with Crippen molar-refractivity contribution in [3.63, 3.8) is 0 Å². The molecule has 0 aliphatic carbocycles. The normalized spacial score (nSPS) is 10.5. The molecule has 6 heteroatoms. The Labute approximate surface area is 125 Å². The number of nitrogens with two attached hydrogens (primary N) is 1. The largest absolute Gasteiger partial charge is 0.392 e. The van der Waals surface area contributed by atoms with Gasteiger partial charge in [-0.3, -0.25) is 4.79 Å². The van der Waals surface area contributed by atoms with Crippen LogP contribution >= 0.6 is 39.7 Å². The minimum absolute atomic E-state index is 0.0152. The van der Waals surface area contributed by atoms with E-state index in [9.17, 15) is 4.79 Å². The van der Waals surface area contributed by atoms with Gasteiger partial charge in [0.2, 0.25) is 0 Å². The van der Waals surface area contributed by atoms with Crippen molar-refractivity contribution in [3.05, 3.63) is 33.3 Å². The molecule has 0 fully saturated rings. The molecule has 0 aliphatic rings. The maximum Gasteiger partial charge on any atom is 0.254 e. The van der Waals surface area contributed by atoms with E-state index in [1.54, 1.807) is 23.1 Å². The van der Waals surface area contributed by atoms with Crippen molar-refractivity contribution >= 4 is 50.6 Å². The van der Waals surface area contributed by atoms with Crippen molar-refractivity contribution in [2.75, 3.05) is 6.54 Å². The van der Waals surface area contributed by atoms with Crippen LogP contribution in [0.15, 0.2) is 22.7 Å². The summed E-state index contributed by atoms with van der Waals surface area (Å²) in [6.07, 6.45) is 0. The van der Waals surface area contributed by atoms with Gasteiger partial charge >= 0.3 is 0 Å². The van der Waals surface area contributed by atoms with Crippen molar-refractivity contribution in [1.29, 1.82) is 0 Å². The lowest BCUT2D eigenvalue weighted by Gasteiger charge is -2.26. The third kappa shape index (κ3) is 3.93. The highest BCUT2D eigenvalue weighted by atomic mass is 79.9. The molecule has 0 radical (unpaired) electrons. The number of hydrogen-bond acceptors (Lipinski definition) is 2. The Bertz CT molecular complexity index is 479. The quantitative estimate of drug-likeness (QED) is 0.849. The fourth-order valence-electron chi connectivity index (χ4n) is 1.45. The molecule has 2 N–H and O–H groups in total. The molecule has 18 heavy (non-hydrogen) atoms. The predicted molar refractivity (Wildman–Crippen MR) is 82.1 cm³/mol. The fourth-order valence-corrected chi connectivity index (χ4v) is 2.02. The summed E-state index contributed by atoms with van der Waals surface area (Å²) in [6, 6.07) is 5.10. The minimum atomic E-state index is -0.132. The number of nitrogens with zero attached hydrogens (tertiary/aromatic N) is 1. The van der Waals surface area contributed by atoms with Gasteiger partial charge in [-0.1, -0.05) is 23.8 Å². The third-order valence-corrected chi connectivity index (χ3v) is 3.74. The molecule has 1 aromatic carbocycles. The molecule has 0 heterocycles. The Kier molecular flexibility index (Phi) is 5.56. The standard InChI is InChI=1S/C12H14BrClN2OS/c1-7(2)16(6-11(15)18)12(17)8-3-4-9(13)10(14)5-8/h3-5,7H,6H2,1-2H3,(H2,15,18). The van der Waals surface area contributed by atoms with Gasteiger partial charge in [-0.2, -0.15) is 0 Å². The topological polar surface area (TPSA) is 46.3 Å². The molecular weight excluding hydrogens is 336 g/mol. The molecule has 0 unspecified atom stereocenters. The van der Waals surface area contributed by atoms with Crippen LogP contribution in [0, 0.1) is 0 Å². The van der Waals surface area contributed by atoms with E-state index in [2.05, 4.69) is 15.9 Å². The first kappa shape index (κ1) is 15.4. The number of amides is 1. The average Bonchev–Trinajstić information content (AvgIpc) is 2.28. The number of carbonyl (C=O) groups is 1. The number of hydrogen-bond donors (Lipinski definition) is 1. The van der Waals surface area contributed by atoms with Crippen molar-refractivity contribution < 1.29 is 4.79 Å². The number of halogens is 2. The van der Waals surface area contributed by atoms with E-state index >= 15 is 0 Å². The number of benzene rings is 1. The summed E-state index contributed by atoms with van der Waals surface area (Å²) in [5.41, 5.74) is 6.03. The lowest BCUT2D eigenvalue weighted by Crippen LogP contribution is -2.42. The molecule has 0 saturated heterocycles. The first-order valence-electron chi connectivity index (χ1n) is 5.37. The van der Waals surface area contributed by atoms with Gasteiger partial charge in [0.05, 0.1) is 16.6 Å². The van der Waals surface area contributed by atoms with E-state index in [0.29, 0.717) is 15.6 Å². The van der Waals surface area contributed by atoms with Crippen molar-refractivity contribution in [2.24, 2.45) is 5.73 Å². The smallest absolute Gasteiger partial charge is 0.254 e. The summed E-state index contributed by atoms with van der Waals surface area (Å²) < 4.78 is 0.756. The average molecular weight is 350 g/mol. The minimum Gasteiger partial charge on any atom is -0.392 e. The second-order valence-corrected chi connectivity index (χ2v) is 5.91.